The molecule has 0 N–H and O–H groups in total. The summed E-state index contributed by atoms with van der Waals surface area (Å²) < 4.78 is 5.64. The summed E-state index contributed by atoms with van der Waals surface area (Å²) in [5, 5.41) is 0. The van der Waals surface area contributed by atoms with Crippen LogP contribution in [-0.4, -0.2) is 20.8 Å². The minimum atomic E-state index is -0.186. The van der Waals surface area contributed by atoms with Gasteiger partial charge in [0.05, 0.1) is 0 Å². The molecule has 6 aromatic carbocycles. The third-order valence-corrected chi connectivity index (χ3v) is 10.2. The molecule has 48 heavy (non-hydrogen) atoms. The van der Waals surface area contributed by atoms with E-state index in [0.29, 0.717) is 0 Å². The summed E-state index contributed by atoms with van der Waals surface area (Å²) in [6.07, 6.45) is 1.84. The average Bonchev–Trinajstić information content (AvgIpc) is 3.42. The summed E-state index contributed by atoms with van der Waals surface area (Å²) in [4.78, 5) is 4.67. The van der Waals surface area contributed by atoms with Crippen molar-refractivity contribution in [2.24, 2.45) is 7.05 Å². The van der Waals surface area contributed by atoms with E-state index >= 15 is 0 Å². The number of hydrogen-bond donors (Lipinski definition) is 0. The number of benzene rings is 6. The van der Waals surface area contributed by atoms with Crippen molar-refractivity contribution in [1.29, 1.82) is 0 Å². The summed E-state index contributed by atoms with van der Waals surface area (Å²) in [5.74, 6) is 0. The molecule has 0 bridgehead atoms. The zero-order chi connectivity index (χ0) is 32.5. The van der Waals surface area contributed by atoms with Gasteiger partial charge in [0.15, 0.2) is 0 Å². The van der Waals surface area contributed by atoms with Crippen molar-refractivity contribution in [2.75, 3.05) is 0 Å². The van der Waals surface area contributed by atoms with Gasteiger partial charge in [0.2, 0.25) is 0 Å². The van der Waals surface area contributed by atoms with E-state index in [1.165, 1.54) is 33.2 Å². The Kier molecular flexibility index (Phi) is 8.18. The van der Waals surface area contributed by atoms with Crippen LogP contribution in [0.25, 0.3) is 50.2 Å². The van der Waals surface area contributed by atoms with E-state index in [9.17, 15) is 0 Å². The molecule has 0 spiro atoms. The SMILES string of the molecule is Cn1[c](=[Pt])n(-c2[c-]c(B(c3[c-]c(-c4ccccn4)ccc3)c3c(-c4ccccc4)cccc3-c3ccccc3)ccc2)c2ccccc21. The van der Waals surface area contributed by atoms with Gasteiger partial charge in [-0.2, -0.15) is 0 Å². The molecule has 0 saturated heterocycles. The first-order chi connectivity index (χ1) is 23.7. The second-order valence-electron chi connectivity index (χ2n) is 11.8. The van der Waals surface area contributed by atoms with Crippen LogP contribution in [0.2, 0.25) is 0 Å². The third kappa shape index (κ3) is 5.53. The molecule has 3 nitrogen and oxygen atoms in total. The number of fused-ring (bicyclic) bond motifs is 1. The van der Waals surface area contributed by atoms with Crippen LogP contribution in [0.1, 0.15) is 0 Å². The Morgan fingerprint density at radius 3 is 1.81 bits per heavy atom. The molecule has 0 unspecified atom stereocenters. The molecule has 0 amide bonds. The predicted molar refractivity (Wildman–Crippen MR) is 195 cm³/mol. The predicted octanol–water partition coefficient (Wildman–Crippen LogP) is 7.56. The summed E-state index contributed by atoms with van der Waals surface area (Å²) >= 11 is 2.42. The number of rotatable bonds is 7. The van der Waals surface area contributed by atoms with Crippen molar-refractivity contribution in [3.8, 4) is 39.2 Å². The average molecular weight is 795 g/mol. The molecule has 0 aliphatic heterocycles. The Morgan fingerprint density at radius 1 is 0.562 bits per heavy atom. The molecular formula is C43H30BN3Pt-2. The Labute approximate surface area is 292 Å². The van der Waals surface area contributed by atoms with Gasteiger partial charge in [0.25, 0.3) is 0 Å². The second-order valence-corrected chi connectivity index (χ2v) is 12.8. The van der Waals surface area contributed by atoms with E-state index in [1.807, 2.05) is 24.4 Å². The van der Waals surface area contributed by atoms with Crippen LogP contribution in [0.4, 0.5) is 0 Å². The van der Waals surface area contributed by atoms with Crippen molar-refractivity contribution in [3.63, 3.8) is 0 Å². The van der Waals surface area contributed by atoms with Crippen LogP contribution < -0.4 is 16.4 Å². The normalized spacial score (nSPS) is 11.1. The standard InChI is InChI=1S/C43H30BN3.Pt/c1-46-31-47(42-27-9-8-26-41(42)46)37-22-13-21-36(30-37)44(35-20-12-19-34(29-35)40-25-10-11-28-45-40)43-38(32-15-4-2-5-16-32)23-14-24-39(43)33-17-6-3-7-18-33;/h2-28H,1H3;/q-2;. The molecule has 0 aliphatic rings. The molecule has 0 fully saturated rings. The Bertz CT molecular complexity index is 2380. The van der Waals surface area contributed by atoms with Crippen LogP contribution in [0.15, 0.2) is 164 Å². The molecule has 0 atom stereocenters. The fourth-order valence-electron chi connectivity index (χ4n) is 6.69. The first-order valence-corrected chi connectivity index (χ1v) is 17.1. The monoisotopic (exact) mass is 794 g/mol. The van der Waals surface area contributed by atoms with E-state index in [0.717, 1.165) is 37.2 Å². The first kappa shape index (κ1) is 30.1. The quantitative estimate of drug-likeness (QED) is 0.121. The Balaban J connectivity index is 1.43. The molecule has 8 aromatic rings. The first-order valence-electron chi connectivity index (χ1n) is 16.0. The van der Waals surface area contributed by atoms with Crippen molar-refractivity contribution in [3.05, 3.63) is 180 Å². The molecular weight excluding hydrogens is 764 g/mol. The summed E-state index contributed by atoms with van der Waals surface area (Å²) in [6.45, 7) is -0.186. The molecule has 2 aromatic heterocycles. The zero-order valence-electron chi connectivity index (χ0n) is 26.3. The van der Waals surface area contributed by atoms with Crippen molar-refractivity contribution in [2.45, 2.75) is 0 Å². The van der Waals surface area contributed by atoms with Gasteiger partial charge in [-0.1, -0.05) is 0 Å². The minimum absolute atomic E-state index is 0.186. The van der Waals surface area contributed by atoms with E-state index in [2.05, 4.69) is 192 Å². The van der Waals surface area contributed by atoms with E-state index in [1.54, 1.807) is 0 Å². The number of hydrogen-bond acceptors (Lipinski definition) is 1. The van der Waals surface area contributed by atoms with Gasteiger partial charge in [-0.3, -0.25) is 0 Å². The fraction of sp³-hybridized carbons (Fsp3) is 0.0233. The molecule has 2 heterocycles. The molecule has 0 saturated carbocycles. The Morgan fingerprint density at radius 2 is 1.15 bits per heavy atom. The zero-order valence-corrected chi connectivity index (χ0v) is 28.6. The van der Waals surface area contributed by atoms with Crippen LogP contribution in [-0.2, 0) is 26.4 Å². The molecule has 0 radical (unpaired) electrons. The number of aromatic nitrogens is 3. The number of pyridine rings is 1. The van der Waals surface area contributed by atoms with Gasteiger partial charge in [-0.15, -0.1) is 0 Å². The van der Waals surface area contributed by atoms with Crippen LogP contribution in [0.3, 0.4) is 0 Å². The van der Waals surface area contributed by atoms with Gasteiger partial charge in [0, 0.05) is 0 Å². The second kappa shape index (κ2) is 13.1. The molecule has 5 heteroatoms. The fourth-order valence-corrected chi connectivity index (χ4v) is 7.51. The van der Waals surface area contributed by atoms with Crippen molar-refractivity contribution < 1.29 is 19.4 Å². The van der Waals surface area contributed by atoms with Gasteiger partial charge in [-0.05, 0) is 6.07 Å². The van der Waals surface area contributed by atoms with Crippen LogP contribution >= 0.6 is 0 Å². The van der Waals surface area contributed by atoms with Crippen molar-refractivity contribution >= 4 is 34.1 Å². The van der Waals surface area contributed by atoms with Gasteiger partial charge in [-0.25, -0.2) is 0 Å². The maximum atomic E-state index is 4.67. The van der Waals surface area contributed by atoms with Gasteiger partial charge >= 0.3 is 288 Å². The molecule has 0 aliphatic carbocycles. The number of para-hydroxylation sites is 2. The molecule has 8 rings (SSSR count). The van der Waals surface area contributed by atoms with E-state index in [-0.39, 0.29) is 6.71 Å². The van der Waals surface area contributed by atoms with E-state index in [4.69, 9.17) is 0 Å². The van der Waals surface area contributed by atoms with E-state index < -0.39 is 0 Å². The molecule has 232 valence electrons. The summed E-state index contributed by atoms with van der Waals surface area (Å²) in [7, 11) is 2.12. The summed E-state index contributed by atoms with van der Waals surface area (Å²) in [6, 6.07) is 63.4. The third-order valence-electron chi connectivity index (χ3n) is 8.90. The maximum absolute atomic E-state index is 4.67. The summed E-state index contributed by atoms with van der Waals surface area (Å²) in [5.41, 5.74) is 13.2. The van der Waals surface area contributed by atoms with Gasteiger partial charge < -0.3 is 0 Å². The number of nitrogens with zero attached hydrogens (tertiary/aromatic N) is 3. The number of imidazole rings is 1. The Hall–Kier alpha value is -5.31. The van der Waals surface area contributed by atoms with Crippen LogP contribution in [0, 0.1) is 15.9 Å². The number of aryl methyl sites for hydroxylation is 1. The van der Waals surface area contributed by atoms with Crippen LogP contribution in [0.5, 0.6) is 0 Å². The van der Waals surface area contributed by atoms with Gasteiger partial charge in [0.1, 0.15) is 0 Å². The van der Waals surface area contributed by atoms with Crippen molar-refractivity contribution in [1.82, 2.24) is 14.1 Å². The topological polar surface area (TPSA) is 22.8 Å².